The minimum absolute atomic E-state index is 0.410. The van der Waals surface area contributed by atoms with E-state index in [1.807, 2.05) is 42.5 Å². The number of aliphatic carboxylic acids is 1. The molecule has 1 unspecified atom stereocenters. The van der Waals surface area contributed by atoms with Gasteiger partial charge in [-0.3, -0.25) is 4.79 Å². The first-order valence-corrected chi connectivity index (χ1v) is 16.0. The number of para-hydroxylation sites is 1. The Morgan fingerprint density at radius 3 is 1.93 bits per heavy atom. The summed E-state index contributed by atoms with van der Waals surface area (Å²) in [7, 11) is 0. The van der Waals surface area contributed by atoms with Crippen molar-refractivity contribution in [1.82, 2.24) is 5.32 Å². The van der Waals surface area contributed by atoms with Gasteiger partial charge in [-0.15, -0.1) is 0 Å². The number of unbranched alkanes of at least 4 members (excludes halogenated alkanes) is 6. The third-order valence-electron chi connectivity index (χ3n) is 8.18. The van der Waals surface area contributed by atoms with E-state index in [0.717, 1.165) is 42.4 Å². The second-order valence-electron chi connectivity index (χ2n) is 11.9. The molecule has 4 N–H and O–H groups in total. The van der Waals surface area contributed by atoms with Crippen LogP contribution in [0.25, 0.3) is 10.8 Å². The van der Waals surface area contributed by atoms with Crippen LogP contribution in [-0.4, -0.2) is 30.1 Å². The van der Waals surface area contributed by atoms with Gasteiger partial charge in [-0.1, -0.05) is 119 Å². The average molecular weight is 594 g/mol. The molecular weight excluding hydrogens is 546 g/mol. The monoisotopic (exact) mass is 593 g/mol. The van der Waals surface area contributed by atoms with Crippen molar-refractivity contribution in [2.24, 2.45) is 0 Å². The number of anilines is 2. The normalized spacial score (nSPS) is 11.8. The molecule has 4 rings (SSSR count). The van der Waals surface area contributed by atoms with Gasteiger partial charge in [-0.25, -0.2) is 4.79 Å². The first kappa shape index (κ1) is 32.6. The van der Waals surface area contributed by atoms with E-state index >= 15 is 0 Å². The van der Waals surface area contributed by atoms with E-state index in [2.05, 4.69) is 54.9 Å². The van der Waals surface area contributed by atoms with Gasteiger partial charge in [0.1, 0.15) is 0 Å². The van der Waals surface area contributed by atoms with Gasteiger partial charge in [0, 0.05) is 24.5 Å². The fourth-order valence-electron chi connectivity index (χ4n) is 5.70. The van der Waals surface area contributed by atoms with Gasteiger partial charge in [0.15, 0.2) is 6.04 Å². The van der Waals surface area contributed by atoms with E-state index in [9.17, 15) is 14.7 Å². The Labute approximate surface area is 262 Å². The zero-order valence-electron chi connectivity index (χ0n) is 26.4. The molecule has 44 heavy (non-hydrogen) atoms. The predicted octanol–water partition coefficient (Wildman–Crippen LogP) is 9.08. The minimum atomic E-state index is -1.13. The number of benzene rings is 4. The first-order valence-electron chi connectivity index (χ1n) is 16.0. The topological polar surface area (TPSA) is 90.5 Å². The molecule has 232 valence electrons. The van der Waals surface area contributed by atoms with Crippen LogP contribution in [0, 0.1) is 6.92 Å². The number of fused-ring (bicyclic) bond motifs is 1. The molecule has 0 aliphatic rings. The Balaban J connectivity index is 1.22. The number of nitrogens with one attached hydrogen (secondary N) is 3. The van der Waals surface area contributed by atoms with Crippen LogP contribution in [0.15, 0.2) is 84.9 Å². The summed E-state index contributed by atoms with van der Waals surface area (Å²) in [6.07, 6.45) is 8.17. The van der Waals surface area contributed by atoms with E-state index < -0.39 is 17.9 Å². The Kier molecular flexibility index (Phi) is 12.2. The summed E-state index contributed by atoms with van der Waals surface area (Å²) in [4.78, 5) is 25.4. The lowest BCUT2D eigenvalue weighted by atomic mass is 9.98. The van der Waals surface area contributed by atoms with Crippen LogP contribution >= 0.6 is 0 Å². The van der Waals surface area contributed by atoms with Gasteiger partial charge < -0.3 is 21.1 Å². The fraction of sp³-hybridized carbons (Fsp3) is 0.368. The van der Waals surface area contributed by atoms with Crippen molar-refractivity contribution in [3.05, 3.63) is 107 Å². The van der Waals surface area contributed by atoms with Gasteiger partial charge >= 0.3 is 5.97 Å². The number of amides is 1. The van der Waals surface area contributed by atoms with Crippen molar-refractivity contribution in [1.29, 1.82) is 0 Å². The number of carboxylic acids is 1. The summed E-state index contributed by atoms with van der Waals surface area (Å²) in [5.74, 6) is -0.990. The van der Waals surface area contributed by atoms with Crippen LogP contribution in [-0.2, 0) is 4.79 Å². The van der Waals surface area contributed by atoms with Crippen LogP contribution in [0.4, 0.5) is 11.4 Å². The molecule has 0 aliphatic carbocycles. The number of carbonyl (C=O) groups excluding carboxylic acids is 1. The van der Waals surface area contributed by atoms with Crippen LogP contribution in [0.2, 0.25) is 0 Å². The molecule has 0 saturated heterocycles. The zero-order chi connectivity index (χ0) is 31.3. The Bertz CT molecular complexity index is 1520. The number of carbonyl (C=O) groups is 2. The lowest BCUT2D eigenvalue weighted by Gasteiger charge is -2.18. The molecule has 0 saturated carbocycles. The Morgan fingerprint density at radius 1 is 0.705 bits per heavy atom. The number of carboxylic acid groups (broad SMARTS) is 1. The molecular formula is C38H47N3O3. The highest BCUT2D eigenvalue weighted by atomic mass is 16.4. The molecule has 0 aliphatic heterocycles. The molecule has 6 nitrogen and oxygen atoms in total. The van der Waals surface area contributed by atoms with Crippen molar-refractivity contribution < 1.29 is 14.7 Å². The van der Waals surface area contributed by atoms with E-state index in [-0.39, 0.29) is 0 Å². The van der Waals surface area contributed by atoms with Crippen LogP contribution in [0.1, 0.15) is 97.8 Å². The second-order valence-corrected chi connectivity index (χ2v) is 11.9. The van der Waals surface area contributed by atoms with Crippen molar-refractivity contribution in [3.8, 4) is 0 Å². The minimum Gasteiger partial charge on any atom is -0.479 e. The first-order chi connectivity index (χ1) is 21.3. The van der Waals surface area contributed by atoms with Crippen LogP contribution in [0.5, 0.6) is 0 Å². The summed E-state index contributed by atoms with van der Waals surface area (Å²) in [6, 6.07) is 25.9. The molecule has 0 radical (unpaired) electrons. The molecule has 0 heterocycles. The highest BCUT2D eigenvalue weighted by Gasteiger charge is 2.24. The summed E-state index contributed by atoms with van der Waals surface area (Å²) < 4.78 is 0. The van der Waals surface area contributed by atoms with Gasteiger partial charge in [-0.2, -0.15) is 0 Å². The average Bonchev–Trinajstić information content (AvgIpc) is 3.02. The van der Waals surface area contributed by atoms with Gasteiger partial charge in [-0.05, 0) is 65.3 Å². The third-order valence-corrected chi connectivity index (χ3v) is 8.18. The van der Waals surface area contributed by atoms with E-state index in [0.29, 0.717) is 17.0 Å². The molecule has 1 atom stereocenters. The van der Waals surface area contributed by atoms with E-state index in [1.165, 1.54) is 48.9 Å². The molecule has 1 amide bonds. The smallest absolute Gasteiger partial charge is 0.330 e. The maximum Gasteiger partial charge on any atom is 0.330 e. The lowest BCUT2D eigenvalue weighted by Crippen LogP contribution is -2.34. The molecule has 4 aromatic carbocycles. The molecule has 0 spiro atoms. The number of aryl methyl sites for hydroxylation is 1. The summed E-state index contributed by atoms with van der Waals surface area (Å²) in [5.41, 5.74) is 5.72. The van der Waals surface area contributed by atoms with Crippen molar-refractivity contribution in [2.75, 3.05) is 23.7 Å². The maximum absolute atomic E-state index is 13.4. The van der Waals surface area contributed by atoms with Crippen LogP contribution < -0.4 is 16.0 Å². The quantitative estimate of drug-likeness (QED) is 0.0917. The summed E-state index contributed by atoms with van der Waals surface area (Å²) in [5, 5.41) is 21.7. The van der Waals surface area contributed by atoms with Gasteiger partial charge in [0.25, 0.3) is 5.91 Å². The van der Waals surface area contributed by atoms with Crippen LogP contribution in [0.3, 0.4) is 0 Å². The van der Waals surface area contributed by atoms with Crippen molar-refractivity contribution >= 4 is 34.0 Å². The highest BCUT2D eigenvalue weighted by molar-refractivity contribution is 6.05. The molecule has 4 aromatic rings. The van der Waals surface area contributed by atoms with Gasteiger partial charge in [0.2, 0.25) is 0 Å². The largest absolute Gasteiger partial charge is 0.479 e. The number of rotatable bonds is 17. The maximum atomic E-state index is 13.4. The van der Waals surface area contributed by atoms with Gasteiger partial charge in [0.05, 0.1) is 5.56 Å². The standard InChI is InChI=1S/C38H47N3O3/c1-27(2)32-22-16-17-28(3)35(32)40-24-15-8-6-4-5-7-14-23-39-34-26-31-21-13-12-20-30(31)25-33(34)37(42)41-36(38(43)44)29-18-10-9-11-19-29/h9-13,16-22,25-27,36,39-40H,4-8,14-15,23-24H2,1-3H3,(H,41,42)(H,43,44). The van der Waals surface area contributed by atoms with E-state index in [4.69, 9.17) is 0 Å². The third kappa shape index (κ3) is 9.09. The SMILES string of the molecule is Cc1cccc(C(C)C)c1NCCCCCCCCCNc1cc2ccccc2cc1C(=O)NC(C(=O)O)c1ccccc1. The lowest BCUT2D eigenvalue weighted by molar-refractivity contribution is -0.139. The molecule has 0 aromatic heterocycles. The Hall–Kier alpha value is -4.32. The zero-order valence-corrected chi connectivity index (χ0v) is 26.4. The molecule has 0 fully saturated rings. The summed E-state index contributed by atoms with van der Waals surface area (Å²) in [6.45, 7) is 8.43. The molecule has 6 heteroatoms. The second kappa shape index (κ2) is 16.5. The predicted molar refractivity (Wildman–Crippen MR) is 183 cm³/mol. The number of hydrogen-bond acceptors (Lipinski definition) is 4. The molecule has 0 bridgehead atoms. The van der Waals surface area contributed by atoms with Crippen molar-refractivity contribution in [2.45, 2.75) is 77.7 Å². The highest BCUT2D eigenvalue weighted by Crippen LogP contribution is 2.28. The Morgan fingerprint density at radius 2 is 1.30 bits per heavy atom. The van der Waals surface area contributed by atoms with E-state index in [1.54, 1.807) is 24.3 Å². The van der Waals surface area contributed by atoms with Crippen molar-refractivity contribution in [3.63, 3.8) is 0 Å². The fourth-order valence-corrected chi connectivity index (χ4v) is 5.70. The summed E-state index contributed by atoms with van der Waals surface area (Å²) >= 11 is 0. The number of hydrogen-bond donors (Lipinski definition) is 4.